The number of ketones is 1. The van der Waals surface area contributed by atoms with Crippen LogP contribution in [0.2, 0.25) is 0 Å². The van der Waals surface area contributed by atoms with E-state index in [2.05, 4.69) is 13.8 Å². The van der Waals surface area contributed by atoms with Gasteiger partial charge < -0.3 is 9.84 Å². The molecular formula is C20H32O4. The molecule has 0 bridgehead atoms. The van der Waals surface area contributed by atoms with E-state index >= 15 is 0 Å². The van der Waals surface area contributed by atoms with Crippen LogP contribution in [0.25, 0.3) is 0 Å². The predicted octanol–water partition coefficient (Wildman–Crippen LogP) is 3.36. The molecule has 3 fully saturated rings. The molecule has 1 N–H and O–H groups in total. The maximum absolute atomic E-state index is 12.9. The summed E-state index contributed by atoms with van der Waals surface area (Å²) in [5, 5.41) is 10.0. The van der Waals surface area contributed by atoms with E-state index in [9.17, 15) is 14.7 Å². The summed E-state index contributed by atoms with van der Waals surface area (Å²) in [4.78, 5) is 24.8. The van der Waals surface area contributed by atoms with Gasteiger partial charge in [-0.2, -0.15) is 0 Å². The number of hydrogen-bond acceptors (Lipinski definition) is 4. The van der Waals surface area contributed by atoms with Crippen LogP contribution in [0.15, 0.2) is 0 Å². The molecule has 3 rings (SSSR count). The third-order valence-corrected chi connectivity index (χ3v) is 7.78. The molecule has 24 heavy (non-hydrogen) atoms. The summed E-state index contributed by atoms with van der Waals surface area (Å²) in [6, 6.07) is 0. The van der Waals surface area contributed by atoms with Crippen molar-refractivity contribution >= 4 is 11.8 Å². The highest BCUT2D eigenvalue weighted by Gasteiger charge is 2.57. The molecule has 0 spiro atoms. The second kappa shape index (κ2) is 6.44. The van der Waals surface area contributed by atoms with E-state index in [0.717, 1.165) is 44.9 Å². The van der Waals surface area contributed by atoms with Crippen LogP contribution in [0.5, 0.6) is 0 Å². The lowest BCUT2D eigenvalue weighted by Crippen LogP contribution is -2.54. The fourth-order valence-electron chi connectivity index (χ4n) is 6.50. The first-order valence-corrected chi connectivity index (χ1v) is 9.57. The number of carbonyl (C=O) groups excluding carboxylic acids is 2. The Labute approximate surface area is 145 Å². The second-order valence-electron chi connectivity index (χ2n) is 8.98. The van der Waals surface area contributed by atoms with Crippen LogP contribution in [0.3, 0.4) is 0 Å². The lowest BCUT2D eigenvalue weighted by atomic mass is 9.45. The number of fused-ring (bicyclic) bond motifs is 3. The largest absolute Gasteiger partial charge is 0.469 e. The maximum atomic E-state index is 12.9. The summed E-state index contributed by atoms with van der Waals surface area (Å²) in [7, 11) is 1.41. The van der Waals surface area contributed by atoms with Gasteiger partial charge in [0.25, 0.3) is 0 Å². The Morgan fingerprint density at radius 1 is 1.21 bits per heavy atom. The van der Waals surface area contributed by atoms with E-state index in [1.54, 1.807) is 0 Å². The molecule has 3 aliphatic carbocycles. The molecule has 0 aliphatic heterocycles. The molecule has 3 aliphatic rings. The molecule has 6 atom stereocenters. The van der Waals surface area contributed by atoms with Crippen molar-refractivity contribution in [3.8, 4) is 0 Å². The summed E-state index contributed by atoms with van der Waals surface area (Å²) in [5.74, 6) is 0.707. The summed E-state index contributed by atoms with van der Waals surface area (Å²) in [5.41, 5.74) is 0.0917. The zero-order valence-corrected chi connectivity index (χ0v) is 15.3. The number of Topliss-reactive ketones (excluding diaryl/α,β-unsaturated/α-hetero) is 1. The normalized spacial score (nSPS) is 45.8. The van der Waals surface area contributed by atoms with Crippen LogP contribution in [0, 0.1) is 34.5 Å². The van der Waals surface area contributed by atoms with Crippen LogP contribution < -0.4 is 0 Å². The van der Waals surface area contributed by atoms with Gasteiger partial charge in [0.2, 0.25) is 0 Å². The molecule has 6 unspecified atom stereocenters. The standard InChI is InChI=1S/C20H32O4/c1-19(12-21)9-4-10-20(2)15-7-5-13(18(23)24-3)11-16(22)14(15)6-8-17(19)20/h13-15,17,21H,4-12H2,1-3H3. The van der Waals surface area contributed by atoms with E-state index in [4.69, 9.17) is 4.74 Å². The molecule has 0 aromatic heterocycles. The first-order valence-electron chi connectivity index (χ1n) is 9.57. The highest BCUT2D eigenvalue weighted by Crippen LogP contribution is 2.63. The molecular weight excluding hydrogens is 304 g/mol. The van der Waals surface area contributed by atoms with Gasteiger partial charge in [0.05, 0.1) is 13.0 Å². The van der Waals surface area contributed by atoms with Gasteiger partial charge in [0.1, 0.15) is 5.78 Å². The fourth-order valence-corrected chi connectivity index (χ4v) is 6.50. The van der Waals surface area contributed by atoms with Gasteiger partial charge in [-0.3, -0.25) is 9.59 Å². The lowest BCUT2D eigenvalue weighted by Gasteiger charge is -2.59. The van der Waals surface area contributed by atoms with Gasteiger partial charge in [-0.25, -0.2) is 0 Å². The number of aliphatic hydroxyl groups is 1. The van der Waals surface area contributed by atoms with Crippen molar-refractivity contribution < 1.29 is 19.4 Å². The quantitative estimate of drug-likeness (QED) is 0.785. The SMILES string of the molecule is COC(=O)C1CCC2C(CCC3C(C)(CO)CCCC23C)C(=O)C1. The molecule has 4 heteroatoms. The van der Waals surface area contributed by atoms with Gasteiger partial charge >= 0.3 is 5.97 Å². The van der Waals surface area contributed by atoms with Crippen molar-refractivity contribution in [3.63, 3.8) is 0 Å². The van der Waals surface area contributed by atoms with E-state index in [-0.39, 0.29) is 41.0 Å². The number of esters is 1. The van der Waals surface area contributed by atoms with Crippen molar-refractivity contribution in [2.75, 3.05) is 13.7 Å². The smallest absolute Gasteiger partial charge is 0.309 e. The number of hydrogen-bond donors (Lipinski definition) is 1. The van der Waals surface area contributed by atoms with Gasteiger partial charge in [-0.15, -0.1) is 0 Å². The Bertz CT molecular complexity index is 516. The monoisotopic (exact) mass is 336 g/mol. The predicted molar refractivity (Wildman–Crippen MR) is 91.2 cm³/mol. The zero-order valence-electron chi connectivity index (χ0n) is 15.3. The second-order valence-corrected chi connectivity index (χ2v) is 8.98. The molecule has 0 aromatic carbocycles. The number of carbonyl (C=O) groups is 2. The molecule has 3 saturated carbocycles. The Hall–Kier alpha value is -0.900. The Morgan fingerprint density at radius 2 is 1.96 bits per heavy atom. The third kappa shape index (κ3) is 2.71. The summed E-state index contributed by atoms with van der Waals surface area (Å²) < 4.78 is 4.91. The zero-order chi connectivity index (χ0) is 17.5. The minimum atomic E-state index is -0.261. The molecule has 0 saturated heterocycles. The minimum Gasteiger partial charge on any atom is -0.469 e. The third-order valence-electron chi connectivity index (χ3n) is 7.78. The maximum Gasteiger partial charge on any atom is 0.309 e. The van der Waals surface area contributed by atoms with Crippen LogP contribution in [0.1, 0.15) is 65.2 Å². The molecule has 0 amide bonds. The molecule has 0 radical (unpaired) electrons. The van der Waals surface area contributed by atoms with Gasteiger partial charge in [-0.1, -0.05) is 20.3 Å². The highest BCUT2D eigenvalue weighted by atomic mass is 16.5. The highest BCUT2D eigenvalue weighted by molar-refractivity contribution is 5.87. The van der Waals surface area contributed by atoms with E-state index < -0.39 is 0 Å². The fraction of sp³-hybridized carbons (Fsp3) is 0.900. The lowest BCUT2D eigenvalue weighted by molar-refractivity contribution is -0.148. The summed E-state index contributed by atoms with van der Waals surface area (Å²) >= 11 is 0. The Kier molecular flexibility index (Phi) is 4.80. The number of aliphatic hydroxyl groups excluding tert-OH is 1. The minimum absolute atomic E-state index is 0.0188. The molecule has 4 nitrogen and oxygen atoms in total. The van der Waals surface area contributed by atoms with Crippen LogP contribution in [-0.4, -0.2) is 30.6 Å². The van der Waals surface area contributed by atoms with E-state index in [1.165, 1.54) is 7.11 Å². The Balaban J connectivity index is 1.89. The van der Waals surface area contributed by atoms with E-state index in [1.807, 2.05) is 0 Å². The van der Waals surface area contributed by atoms with E-state index in [0.29, 0.717) is 18.3 Å². The van der Waals surface area contributed by atoms with Crippen LogP contribution in [0.4, 0.5) is 0 Å². The van der Waals surface area contributed by atoms with Gasteiger partial charge in [0.15, 0.2) is 0 Å². The topological polar surface area (TPSA) is 63.6 Å². The molecule has 0 heterocycles. The van der Waals surface area contributed by atoms with Crippen molar-refractivity contribution in [2.45, 2.75) is 65.2 Å². The number of ether oxygens (including phenoxy) is 1. The molecule has 0 aromatic rings. The summed E-state index contributed by atoms with van der Waals surface area (Å²) in [6.07, 6.45) is 7.36. The van der Waals surface area contributed by atoms with Crippen molar-refractivity contribution in [3.05, 3.63) is 0 Å². The van der Waals surface area contributed by atoms with Crippen molar-refractivity contribution in [1.29, 1.82) is 0 Å². The Morgan fingerprint density at radius 3 is 2.62 bits per heavy atom. The van der Waals surface area contributed by atoms with Crippen LogP contribution in [-0.2, 0) is 14.3 Å². The number of methoxy groups -OCH3 is 1. The average molecular weight is 336 g/mol. The molecule has 136 valence electrons. The number of rotatable bonds is 2. The first kappa shape index (κ1) is 17.9. The van der Waals surface area contributed by atoms with Gasteiger partial charge in [-0.05, 0) is 61.2 Å². The van der Waals surface area contributed by atoms with Crippen molar-refractivity contribution in [2.24, 2.45) is 34.5 Å². The van der Waals surface area contributed by atoms with Gasteiger partial charge in [0, 0.05) is 18.9 Å². The average Bonchev–Trinajstić information content (AvgIpc) is 2.74. The summed E-state index contributed by atoms with van der Waals surface area (Å²) in [6.45, 7) is 4.82. The van der Waals surface area contributed by atoms with Crippen LogP contribution >= 0.6 is 0 Å². The first-order chi connectivity index (χ1) is 11.4. The van der Waals surface area contributed by atoms with Crippen molar-refractivity contribution in [1.82, 2.24) is 0 Å².